The number of likely N-dealkylation sites (tertiary alicyclic amines) is 1. The van der Waals surface area contributed by atoms with E-state index in [1.165, 1.54) is 0 Å². The van der Waals surface area contributed by atoms with Crippen molar-refractivity contribution in [1.82, 2.24) is 15.1 Å². The molecule has 0 bridgehead atoms. The number of rotatable bonds is 9. The first kappa shape index (κ1) is 29.5. The molecule has 3 rings (SSSR count). The van der Waals surface area contributed by atoms with Crippen LogP contribution in [-0.2, 0) is 19.1 Å². The Kier molecular flexibility index (Phi) is 8.84. The highest BCUT2D eigenvalue weighted by Gasteiger charge is 2.57. The normalized spacial score (nSPS) is 25.2. The summed E-state index contributed by atoms with van der Waals surface area (Å²) in [6.07, 6.45) is 10.1. The molecule has 2 heterocycles. The first-order valence-corrected chi connectivity index (χ1v) is 13.7. The van der Waals surface area contributed by atoms with Gasteiger partial charge in [0.15, 0.2) is 5.60 Å². The molecule has 2 fully saturated rings. The van der Waals surface area contributed by atoms with Crippen molar-refractivity contribution in [3.8, 4) is 0 Å². The molecule has 1 N–H and O–H groups in total. The second kappa shape index (κ2) is 11.4. The van der Waals surface area contributed by atoms with E-state index in [2.05, 4.69) is 18.5 Å². The lowest BCUT2D eigenvalue weighted by Gasteiger charge is -2.39. The fraction of sp³-hybridized carbons (Fsp3) is 0.633. The largest absolute Gasteiger partial charge is 0.476 e. The van der Waals surface area contributed by atoms with Crippen molar-refractivity contribution >= 4 is 17.9 Å². The van der Waals surface area contributed by atoms with Crippen LogP contribution in [0.15, 0.2) is 48.4 Å². The average Bonchev–Trinajstić information content (AvgIpc) is 3.48. The Morgan fingerprint density at radius 3 is 2.58 bits per heavy atom. The molecule has 8 heteroatoms. The van der Waals surface area contributed by atoms with Crippen LogP contribution in [0.2, 0.25) is 0 Å². The molecule has 0 aromatic carbocycles. The van der Waals surface area contributed by atoms with Crippen LogP contribution in [0.25, 0.3) is 0 Å². The number of allylic oxidation sites excluding steroid dienone is 3. The van der Waals surface area contributed by atoms with Crippen molar-refractivity contribution in [2.75, 3.05) is 19.6 Å². The fourth-order valence-corrected chi connectivity index (χ4v) is 5.20. The second-order valence-corrected chi connectivity index (χ2v) is 12.2. The Morgan fingerprint density at radius 2 is 1.95 bits per heavy atom. The molecule has 0 aromatic rings. The van der Waals surface area contributed by atoms with Crippen LogP contribution < -0.4 is 5.32 Å². The highest BCUT2D eigenvalue weighted by molar-refractivity contribution is 5.94. The summed E-state index contributed by atoms with van der Waals surface area (Å²) in [4.78, 5) is 42.5. The molecule has 0 radical (unpaired) electrons. The van der Waals surface area contributed by atoms with Gasteiger partial charge in [0.25, 0.3) is 5.91 Å². The van der Waals surface area contributed by atoms with E-state index in [4.69, 9.17) is 9.47 Å². The minimum absolute atomic E-state index is 0.00498. The van der Waals surface area contributed by atoms with E-state index < -0.39 is 11.2 Å². The molecule has 3 aliphatic rings. The maximum atomic E-state index is 13.2. The Morgan fingerprint density at radius 1 is 1.24 bits per heavy atom. The van der Waals surface area contributed by atoms with Crippen molar-refractivity contribution < 1.29 is 23.9 Å². The molecule has 3 amide bonds. The highest BCUT2D eigenvalue weighted by atomic mass is 16.6. The number of hydrogen-bond acceptors (Lipinski definition) is 5. The van der Waals surface area contributed by atoms with E-state index in [-0.39, 0.29) is 29.4 Å². The summed E-state index contributed by atoms with van der Waals surface area (Å²) in [5, 5.41) is 3.16. The molecule has 1 saturated heterocycles. The molecule has 2 aliphatic heterocycles. The number of carbonyl (C=O) groups is 3. The van der Waals surface area contributed by atoms with E-state index in [1.807, 2.05) is 26.8 Å². The van der Waals surface area contributed by atoms with E-state index in [0.29, 0.717) is 36.7 Å². The number of carbonyl (C=O) groups excluding carboxylic acids is 3. The second-order valence-electron chi connectivity index (χ2n) is 12.2. The van der Waals surface area contributed by atoms with E-state index >= 15 is 0 Å². The zero-order chi connectivity index (χ0) is 28.3. The van der Waals surface area contributed by atoms with Crippen LogP contribution in [0, 0.1) is 5.41 Å². The first-order valence-electron chi connectivity index (χ1n) is 13.7. The van der Waals surface area contributed by atoms with Gasteiger partial charge in [-0.1, -0.05) is 12.7 Å². The molecule has 210 valence electrons. The highest BCUT2D eigenvalue weighted by Crippen LogP contribution is 2.52. The maximum Gasteiger partial charge on any atom is 0.410 e. The van der Waals surface area contributed by atoms with Crippen molar-refractivity contribution in [2.24, 2.45) is 5.41 Å². The molecule has 1 saturated carbocycles. The number of hydrogen-bond donors (Lipinski definition) is 1. The maximum absolute atomic E-state index is 13.2. The van der Waals surface area contributed by atoms with Crippen LogP contribution in [0.5, 0.6) is 0 Å². The number of nitrogens with zero attached hydrogens (tertiary/aromatic N) is 2. The lowest BCUT2D eigenvalue weighted by Crippen LogP contribution is -2.50. The molecule has 1 spiro atoms. The van der Waals surface area contributed by atoms with E-state index in [1.54, 1.807) is 42.7 Å². The summed E-state index contributed by atoms with van der Waals surface area (Å²) in [5.74, 6) is 0.140. The van der Waals surface area contributed by atoms with Crippen LogP contribution in [0.3, 0.4) is 0 Å². The summed E-state index contributed by atoms with van der Waals surface area (Å²) in [7, 11) is 0. The fourth-order valence-electron chi connectivity index (χ4n) is 5.20. The third-order valence-corrected chi connectivity index (χ3v) is 7.36. The molecule has 0 aromatic heterocycles. The molecular weight excluding hydrogens is 482 g/mol. The smallest absolute Gasteiger partial charge is 0.410 e. The zero-order valence-corrected chi connectivity index (χ0v) is 24.0. The average molecular weight is 528 g/mol. The summed E-state index contributed by atoms with van der Waals surface area (Å²) in [5.41, 5.74) is -0.639. The molecule has 1 unspecified atom stereocenters. The first-order chi connectivity index (χ1) is 17.7. The van der Waals surface area contributed by atoms with Gasteiger partial charge in [0.05, 0.1) is 5.70 Å². The lowest BCUT2D eigenvalue weighted by atomic mass is 9.94. The molecule has 38 heavy (non-hydrogen) atoms. The molecular formula is C30H45N3O5. The van der Waals surface area contributed by atoms with Crippen LogP contribution in [0.4, 0.5) is 4.79 Å². The Hall–Kier alpha value is -3.03. The number of ether oxygens (including phenoxy) is 2. The van der Waals surface area contributed by atoms with Crippen molar-refractivity contribution in [1.29, 1.82) is 0 Å². The summed E-state index contributed by atoms with van der Waals surface area (Å²) in [6.45, 7) is 20.2. The van der Waals surface area contributed by atoms with Gasteiger partial charge in [-0.05, 0) is 92.2 Å². The number of nitrogens with one attached hydrogen (secondary N) is 1. The van der Waals surface area contributed by atoms with Gasteiger partial charge in [0, 0.05) is 36.7 Å². The summed E-state index contributed by atoms with van der Waals surface area (Å²) < 4.78 is 11.5. The minimum Gasteiger partial charge on any atom is -0.476 e. The van der Waals surface area contributed by atoms with Crippen LogP contribution in [-0.4, -0.2) is 64.6 Å². The summed E-state index contributed by atoms with van der Waals surface area (Å²) in [6, 6.07) is -0.00498. The van der Waals surface area contributed by atoms with Gasteiger partial charge in [-0.15, -0.1) is 6.58 Å². The van der Waals surface area contributed by atoms with Gasteiger partial charge in [-0.2, -0.15) is 0 Å². The Balaban J connectivity index is 1.71. The van der Waals surface area contributed by atoms with Gasteiger partial charge in [-0.3, -0.25) is 9.59 Å². The third-order valence-electron chi connectivity index (χ3n) is 7.36. The summed E-state index contributed by atoms with van der Waals surface area (Å²) >= 11 is 0. The number of amides is 3. The monoisotopic (exact) mass is 527 g/mol. The molecule has 8 nitrogen and oxygen atoms in total. The van der Waals surface area contributed by atoms with Crippen molar-refractivity contribution in [3.05, 3.63) is 48.4 Å². The predicted octanol–water partition coefficient (Wildman–Crippen LogP) is 5.23. The van der Waals surface area contributed by atoms with Gasteiger partial charge in [0.1, 0.15) is 11.4 Å². The predicted molar refractivity (Wildman–Crippen MR) is 148 cm³/mol. The SMILES string of the molecule is C=CCCCCN1C(=O)C(C)(C)OC(C=C)=C1/C=C(\C)C(=O)NC1C[C@]12CCCN(C(=O)OC(C)(C)C)C2. The molecule has 2 atom stereocenters. The van der Waals surface area contributed by atoms with Crippen LogP contribution in [0.1, 0.15) is 80.1 Å². The van der Waals surface area contributed by atoms with Crippen LogP contribution >= 0.6 is 0 Å². The topological polar surface area (TPSA) is 88.2 Å². The van der Waals surface area contributed by atoms with E-state index in [9.17, 15) is 14.4 Å². The van der Waals surface area contributed by atoms with Crippen molar-refractivity contribution in [3.63, 3.8) is 0 Å². The Labute approximate surface area is 227 Å². The number of unbranched alkanes of at least 4 members (excludes halogenated alkanes) is 2. The van der Waals surface area contributed by atoms with Gasteiger partial charge in [-0.25, -0.2) is 4.79 Å². The Bertz CT molecular complexity index is 1030. The van der Waals surface area contributed by atoms with Crippen molar-refractivity contribution in [2.45, 2.75) is 97.3 Å². The number of piperidine rings is 1. The molecule has 1 aliphatic carbocycles. The lowest BCUT2D eigenvalue weighted by molar-refractivity contribution is -0.151. The van der Waals surface area contributed by atoms with E-state index in [0.717, 1.165) is 38.5 Å². The zero-order valence-electron chi connectivity index (χ0n) is 24.0. The van der Waals surface area contributed by atoms with Gasteiger partial charge in [0.2, 0.25) is 5.91 Å². The standard InChI is InChI=1S/C30H45N3O5/c1-9-11-12-13-17-33-22(23(10-2)37-29(7,8)26(33)35)18-21(3)25(34)31-24-19-30(24)15-14-16-32(20-30)27(36)38-28(4,5)6/h9-10,18,24H,1-2,11-17,19-20H2,3-8H3,(H,31,34)/b21-18+/t24?,30-/m0/s1. The quantitative estimate of drug-likeness (QED) is 0.252. The minimum atomic E-state index is -1.02. The van der Waals surface area contributed by atoms with Gasteiger partial charge < -0.3 is 24.6 Å². The van der Waals surface area contributed by atoms with Gasteiger partial charge >= 0.3 is 6.09 Å². The third kappa shape index (κ3) is 6.88.